The summed E-state index contributed by atoms with van der Waals surface area (Å²) in [7, 11) is 0. The maximum absolute atomic E-state index is 13.1. The minimum atomic E-state index is -1.46. The average Bonchev–Trinajstić information content (AvgIpc) is 2.72. The first-order chi connectivity index (χ1) is 8.47. The molecule has 0 N–H and O–H groups in total. The summed E-state index contributed by atoms with van der Waals surface area (Å²) in [5.41, 5.74) is 0.997. The van der Waals surface area contributed by atoms with E-state index in [0.29, 0.717) is 5.92 Å². The van der Waals surface area contributed by atoms with Crippen LogP contribution in [0, 0.1) is 23.4 Å². The summed E-state index contributed by atoms with van der Waals surface area (Å²) in [5.74, 6) is -3.46. The monoisotopic (exact) mass is 254 g/mol. The first kappa shape index (κ1) is 12.7. The molecule has 2 aromatic rings. The minimum absolute atomic E-state index is 0.168. The van der Waals surface area contributed by atoms with E-state index < -0.39 is 17.5 Å². The Hall–Kier alpha value is -1.78. The Morgan fingerprint density at radius 2 is 1.78 bits per heavy atom. The Morgan fingerprint density at radius 1 is 1.17 bits per heavy atom. The van der Waals surface area contributed by atoms with Crippen molar-refractivity contribution < 1.29 is 13.2 Å². The Kier molecular flexibility index (Phi) is 3.41. The van der Waals surface area contributed by atoms with E-state index in [9.17, 15) is 13.2 Å². The number of aromatic nitrogens is 2. The molecule has 0 radical (unpaired) electrons. The predicted octanol–water partition coefficient (Wildman–Crippen LogP) is 3.49. The van der Waals surface area contributed by atoms with Crippen LogP contribution in [0.1, 0.15) is 19.5 Å². The van der Waals surface area contributed by atoms with E-state index >= 15 is 0 Å². The van der Waals surface area contributed by atoms with Crippen LogP contribution in [0.2, 0.25) is 0 Å². The highest BCUT2D eigenvalue weighted by atomic mass is 19.2. The van der Waals surface area contributed by atoms with Crippen LogP contribution in [0.4, 0.5) is 13.2 Å². The van der Waals surface area contributed by atoms with Gasteiger partial charge in [0.1, 0.15) is 0 Å². The molecule has 96 valence electrons. The molecule has 0 spiro atoms. The van der Waals surface area contributed by atoms with E-state index in [1.165, 1.54) is 4.68 Å². The summed E-state index contributed by atoms with van der Waals surface area (Å²) in [5, 5.41) is 4.19. The highest BCUT2D eigenvalue weighted by Crippen LogP contribution is 2.17. The highest BCUT2D eigenvalue weighted by Gasteiger charge is 2.12. The largest absolute Gasteiger partial charge is 0.241 e. The van der Waals surface area contributed by atoms with Crippen molar-refractivity contribution in [2.75, 3.05) is 0 Å². The summed E-state index contributed by atoms with van der Waals surface area (Å²) in [6.45, 7) is 4.10. The molecule has 0 atom stereocenters. The molecule has 0 saturated carbocycles. The molecule has 0 aliphatic carbocycles. The van der Waals surface area contributed by atoms with Crippen molar-refractivity contribution in [2.45, 2.75) is 20.3 Å². The van der Waals surface area contributed by atoms with Gasteiger partial charge in [0.05, 0.1) is 11.4 Å². The molecule has 0 saturated heterocycles. The van der Waals surface area contributed by atoms with Crippen molar-refractivity contribution in [3.05, 3.63) is 47.5 Å². The smallest absolute Gasteiger partial charge is 0.194 e. The Bertz CT molecular complexity index is 538. The van der Waals surface area contributed by atoms with E-state index in [0.717, 1.165) is 24.2 Å². The number of hydrogen-bond donors (Lipinski definition) is 0. The van der Waals surface area contributed by atoms with Crippen LogP contribution in [-0.4, -0.2) is 9.78 Å². The lowest BCUT2D eigenvalue weighted by atomic mass is 10.1. The topological polar surface area (TPSA) is 17.8 Å². The number of benzene rings is 1. The zero-order chi connectivity index (χ0) is 13.3. The van der Waals surface area contributed by atoms with Crippen LogP contribution >= 0.6 is 0 Å². The second kappa shape index (κ2) is 4.84. The van der Waals surface area contributed by atoms with Gasteiger partial charge in [0.15, 0.2) is 17.5 Å². The molecular weight excluding hydrogens is 241 g/mol. The Labute approximate surface area is 103 Å². The fourth-order valence-corrected chi connectivity index (χ4v) is 1.71. The van der Waals surface area contributed by atoms with Gasteiger partial charge in [0.25, 0.3) is 0 Å². The molecule has 5 heteroatoms. The number of halogens is 3. The first-order valence-corrected chi connectivity index (χ1v) is 5.67. The lowest BCUT2D eigenvalue weighted by molar-refractivity contribution is 0.446. The third-order valence-electron chi connectivity index (χ3n) is 2.49. The molecule has 2 nitrogen and oxygen atoms in total. The molecule has 18 heavy (non-hydrogen) atoms. The first-order valence-electron chi connectivity index (χ1n) is 5.67. The fourth-order valence-electron chi connectivity index (χ4n) is 1.71. The Morgan fingerprint density at radius 3 is 2.33 bits per heavy atom. The van der Waals surface area contributed by atoms with Crippen LogP contribution in [0.5, 0.6) is 0 Å². The molecular formula is C13H13F3N2. The summed E-state index contributed by atoms with van der Waals surface area (Å²) in [6, 6.07) is 3.62. The SMILES string of the molecule is CC(C)Cc1ccn(-c2cc(F)c(F)c(F)c2)n1. The van der Waals surface area contributed by atoms with Gasteiger partial charge in [0, 0.05) is 18.3 Å². The third-order valence-corrected chi connectivity index (χ3v) is 2.49. The van der Waals surface area contributed by atoms with Crippen molar-refractivity contribution in [1.82, 2.24) is 9.78 Å². The Balaban J connectivity index is 2.34. The molecule has 1 aromatic carbocycles. The van der Waals surface area contributed by atoms with Gasteiger partial charge in [-0.3, -0.25) is 0 Å². The van der Waals surface area contributed by atoms with Gasteiger partial charge in [0.2, 0.25) is 0 Å². The van der Waals surface area contributed by atoms with Crippen molar-refractivity contribution in [3.8, 4) is 5.69 Å². The van der Waals surface area contributed by atoms with E-state index in [2.05, 4.69) is 18.9 Å². The number of nitrogens with zero attached hydrogens (tertiary/aromatic N) is 2. The molecule has 0 aliphatic heterocycles. The van der Waals surface area contributed by atoms with Crippen LogP contribution in [0.3, 0.4) is 0 Å². The predicted molar refractivity (Wildman–Crippen MR) is 62.0 cm³/mol. The van der Waals surface area contributed by atoms with Crippen LogP contribution < -0.4 is 0 Å². The summed E-state index contributed by atoms with van der Waals surface area (Å²) in [4.78, 5) is 0. The molecule has 0 amide bonds. The van der Waals surface area contributed by atoms with Gasteiger partial charge < -0.3 is 0 Å². The average molecular weight is 254 g/mol. The van der Waals surface area contributed by atoms with E-state index in [1.807, 2.05) is 0 Å². The maximum atomic E-state index is 13.1. The third kappa shape index (κ3) is 2.55. The molecule has 0 unspecified atom stereocenters. The summed E-state index contributed by atoms with van der Waals surface area (Å²) < 4.78 is 40.3. The maximum Gasteiger partial charge on any atom is 0.194 e. The zero-order valence-corrected chi connectivity index (χ0v) is 10.1. The molecule has 0 aliphatic rings. The number of hydrogen-bond acceptors (Lipinski definition) is 1. The van der Waals surface area contributed by atoms with Gasteiger partial charge in [-0.2, -0.15) is 5.10 Å². The van der Waals surface area contributed by atoms with Gasteiger partial charge in [-0.1, -0.05) is 13.8 Å². The summed E-state index contributed by atoms with van der Waals surface area (Å²) >= 11 is 0. The zero-order valence-electron chi connectivity index (χ0n) is 10.1. The molecule has 1 heterocycles. The van der Waals surface area contributed by atoms with Crippen LogP contribution in [0.15, 0.2) is 24.4 Å². The van der Waals surface area contributed by atoms with Crippen molar-refractivity contribution in [2.24, 2.45) is 5.92 Å². The van der Waals surface area contributed by atoms with Gasteiger partial charge >= 0.3 is 0 Å². The van der Waals surface area contributed by atoms with Crippen molar-refractivity contribution >= 4 is 0 Å². The van der Waals surface area contributed by atoms with Crippen LogP contribution in [-0.2, 0) is 6.42 Å². The number of rotatable bonds is 3. The van der Waals surface area contributed by atoms with Crippen LogP contribution in [0.25, 0.3) is 5.69 Å². The lowest BCUT2D eigenvalue weighted by Gasteiger charge is -2.04. The quantitative estimate of drug-likeness (QED) is 0.767. The van der Waals surface area contributed by atoms with Gasteiger partial charge in [-0.25, -0.2) is 17.9 Å². The van der Waals surface area contributed by atoms with Gasteiger partial charge in [-0.15, -0.1) is 0 Å². The second-order valence-corrected chi connectivity index (χ2v) is 4.57. The molecule has 0 bridgehead atoms. The fraction of sp³-hybridized carbons (Fsp3) is 0.308. The van der Waals surface area contributed by atoms with Crippen molar-refractivity contribution in [1.29, 1.82) is 0 Å². The molecule has 1 aromatic heterocycles. The summed E-state index contributed by atoms with van der Waals surface area (Å²) in [6.07, 6.45) is 2.38. The normalized spacial score (nSPS) is 11.2. The van der Waals surface area contributed by atoms with E-state index in [1.54, 1.807) is 12.3 Å². The molecule has 2 rings (SSSR count). The molecule has 0 fully saturated rings. The minimum Gasteiger partial charge on any atom is -0.241 e. The van der Waals surface area contributed by atoms with Crippen molar-refractivity contribution in [3.63, 3.8) is 0 Å². The highest BCUT2D eigenvalue weighted by molar-refractivity contribution is 5.33. The standard InChI is InChI=1S/C13H13F3N2/c1-8(2)5-9-3-4-18(17-9)10-6-11(14)13(16)12(15)7-10/h3-4,6-8H,5H2,1-2H3. The van der Waals surface area contributed by atoms with Gasteiger partial charge in [-0.05, 0) is 18.4 Å². The van der Waals surface area contributed by atoms with E-state index in [4.69, 9.17) is 0 Å². The lowest BCUT2D eigenvalue weighted by Crippen LogP contribution is -2.01. The second-order valence-electron chi connectivity index (χ2n) is 4.57. The van der Waals surface area contributed by atoms with E-state index in [-0.39, 0.29) is 5.69 Å².